The summed E-state index contributed by atoms with van der Waals surface area (Å²) in [5, 5.41) is 1.21. The molecule has 1 saturated heterocycles. The van der Waals surface area contributed by atoms with E-state index in [-0.39, 0.29) is 12.2 Å². The summed E-state index contributed by atoms with van der Waals surface area (Å²) in [5.74, 6) is 0. The Morgan fingerprint density at radius 2 is 2.35 bits per heavy atom. The van der Waals surface area contributed by atoms with E-state index in [4.69, 9.17) is 21.1 Å². The summed E-state index contributed by atoms with van der Waals surface area (Å²) < 4.78 is 11.7. The van der Waals surface area contributed by atoms with Crippen LogP contribution in [0.2, 0.25) is 5.02 Å². The number of fused-ring (bicyclic) bond motifs is 1. The predicted octanol–water partition coefficient (Wildman–Crippen LogP) is 3.17. The van der Waals surface area contributed by atoms with E-state index >= 15 is 0 Å². The topological polar surface area (TPSA) is 51.7 Å². The predicted molar refractivity (Wildman–Crippen MR) is 77.6 cm³/mol. The maximum Gasteiger partial charge on any atom is 0.410 e. The molecule has 106 valence electrons. The molecule has 3 rings (SSSR count). The first-order valence-electron chi connectivity index (χ1n) is 6.30. The van der Waals surface area contributed by atoms with E-state index in [0.717, 1.165) is 10.2 Å². The highest BCUT2D eigenvalue weighted by Gasteiger charge is 2.33. The minimum absolute atomic E-state index is 0.0289. The Labute approximate surface area is 125 Å². The van der Waals surface area contributed by atoms with Crippen molar-refractivity contribution < 1.29 is 14.3 Å². The van der Waals surface area contributed by atoms with Gasteiger partial charge in [-0.1, -0.05) is 29.0 Å². The Bertz CT molecular complexity index is 640. The zero-order chi connectivity index (χ0) is 14.1. The van der Waals surface area contributed by atoms with Gasteiger partial charge in [-0.2, -0.15) is 0 Å². The van der Waals surface area contributed by atoms with Crippen LogP contribution < -0.4 is 4.74 Å². The van der Waals surface area contributed by atoms with E-state index in [0.29, 0.717) is 29.9 Å². The summed E-state index contributed by atoms with van der Waals surface area (Å²) in [4.78, 5) is 17.4. The fourth-order valence-corrected chi connectivity index (χ4v) is 3.15. The van der Waals surface area contributed by atoms with Gasteiger partial charge in [0, 0.05) is 0 Å². The van der Waals surface area contributed by atoms with Crippen LogP contribution in [-0.2, 0) is 4.74 Å². The second-order valence-corrected chi connectivity index (χ2v) is 5.81. The fraction of sp³-hybridized carbons (Fsp3) is 0.385. The molecule has 0 aliphatic carbocycles. The standard InChI is InChI=1S/C13H13ClN2O3S/c1-2-18-13(17)16-6-8(7-16)19-12-15-11-9(14)4-3-5-10(11)20-12/h3-5,8H,2,6-7H2,1H3. The second-order valence-electron chi connectivity index (χ2n) is 4.41. The number of nitrogens with zero attached hydrogens (tertiary/aromatic N) is 2. The molecular formula is C13H13ClN2O3S. The molecule has 1 amide bonds. The van der Waals surface area contributed by atoms with Gasteiger partial charge < -0.3 is 14.4 Å². The van der Waals surface area contributed by atoms with Crippen molar-refractivity contribution in [2.45, 2.75) is 13.0 Å². The molecule has 0 atom stereocenters. The third kappa shape index (κ3) is 2.53. The minimum atomic E-state index is -0.292. The van der Waals surface area contributed by atoms with Crippen LogP contribution in [0, 0.1) is 0 Å². The lowest BCUT2D eigenvalue weighted by Gasteiger charge is -2.37. The van der Waals surface area contributed by atoms with Crippen LogP contribution in [0.15, 0.2) is 18.2 Å². The van der Waals surface area contributed by atoms with E-state index in [1.165, 1.54) is 11.3 Å². The first kappa shape index (κ1) is 13.5. The number of hydrogen-bond acceptors (Lipinski definition) is 5. The van der Waals surface area contributed by atoms with Crippen molar-refractivity contribution >= 4 is 39.2 Å². The highest BCUT2D eigenvalue weighted by Crippen LogP contribution is 2.33. The van der Waals surface area contributed by atoms with Gasteiger partial charge in [0.2, 0.25) is 0 Å². The van der Waals surface area contributed by atoms with E-state index < -0.39 is 0 Å². The summed E-state index contributed by atoms with van der Waals surface area (Å²) in [6, 6.07) is 5.65. The van der Waals surface area contributed by atoms with Gasteiger partial charge in [0.05, 0.1) is 29.4 Å². The summed E-state index contributed by atoms with van der Waals surface area (Å²) in [6.45, 7) is 3.23. The van der Waals surface area contributed by atoms with Gasteiger partial charge in [0.25, 0.3) is 5.19 Å². The molecule has 2 aromatic rings. The van der Waals surface area contributed by atoms with Crippen molar-refractivity contribution in [1.29, 1.82) is 0 Å². The van der Waals surface area contributed by atoms with Crippen molar-refractivity contribution in [3.63, 3.8) is 0 Å². The lowest BCUT2D eigenvalue weighted by Crippen LogP contribution is -2.56. The zero-order valence-electron chi connectivity index (χ0n) is 10.8. The Morgan fingerprint density at radius 3 is 3.05 bits per heavy atom. The number of amides is 1. The number of aromatic nitrogens is 1. The Hall–Kier alpha value is -1.53. The molecule has 0 bridgehead atoms. The van der Waals surface area contributed by atoms with Crippen LogP contribution in [0.3, 0.4) is 0 Å². The third-order valence-corrected chi connectivity index (χ3v) is 4.21. The number of ether oxygens (including phenoxy) is 2. The maximum absolute atomic E-state index is 11.4. The molecule has 0 saturated carbocycles. The van der Waals surface area contributed by atoms with E-state index in [2.05, 4.69) is 4.98 Å². The number of hydrogen-bond donors (Lipinski definition) is 0. The monoisotopic (exact) mass is 312 g/mol. The van der Waals surface area contributed by atoms with Crippen LogP contribution >= 0.6 is 22.9 Å². The normalized spacial score (nSPS) is 15.2. The lowest BCUT2D eigenvalue weighted by molar-refractivity contribution is 0.0127. The molecule has 0 unspecified atom stereocenters. The number of carbonyl (C=O) groups excluding carboxylic acids is 1. The van der Waals surface area contributed by atoms with Crippen molar-refractivity contribution in [1.82, 2.24) is 9.88 Å². The van der Waals surface area contributed by atoms with Gasteiger partial charge in [-0.15, -0.1) is 0 Å². The number of thiazole rings is 1. The van der Waals surface area contributed by atoms with Crippen LogP contribution in [0.1, 0.15) is 6.92 Å². The largest absolute Gasteiger partial charge is 0.463 e. The third-order valence-electron chi connectivity index (χ3n) is 2.99. The van der Waals surface area contributed by atoms with Gasteiger partial charge in [-0.3, -0.25) is 0 Å². The molecule has 0 N–H and O–H groups in total. The highest BCUT2D eigenvalue weighted by molar-refractivity contribution is 7.20. The molecule has 0 radical (unpaired) electrons. The molecule has 0 spiro atoms. The van der Waals surface area contributed by atoms with Gasteiger partial charge >= 0.3 is 6.09 Å². The molecule has 20 heavy (non-hydrogen) atoms. The van der Waals surface area contributed by atoms with E-state index in [1.807, 2.05) is 12.1 Å². The molecule has 1 fully saturated rings. The maximum atomic E-state index is 11.4. The molecule has 5 nitrogen and oxygen atoms in total. The second kappa shape index (κ2) is 5.46. The average molecular weight is 313 g/mol. The molecule has 1 aliphatic rings. The van der Waals surface area contributed by atoms with Crippen molar-refractivity contribution in [3.05, 3.63) is 23.2 Å². The van der Waals surface area contributed by atoms with Crippen LogP contribution in [-0.4, -0.2) is 41.8 Å². The number of rotatable bonds is 3. The Kier molecular flexibility index (Phi) is 3.67. The summed E-state index contributed by atoms with van der Waals surface area (Å²) in [7, 11) is 0. The van der Waals surface area contributed by atoms with Crippen LogP contribution in [0.5, 0.6) is 5.19 Å². The van der Waals surface area contributed by atoms with Crippen LogP contribution in [0.25, 0.3) is 10.2 Å². The molecule has 1 aliphatic heterocycles. The number of benzene rings is 1. The van der Waals surface area contributed by atoms with Crippen molar-refractivity contribution in [2.24, 2.45) is 0 Å². The molecule has 1 aromatic heterocycles. The quantitative estimate of drug-likeness (QED) is 0.873. The van der Waals surface area contributed by atoms with Gasteiger partial charge in [-0.05, 0) is 19.1 Å². The summed E-state index contributed by atoms with van der Waals surface area (Å²) in [5.41, 5.74) is 0.760. The number of carbonyl (C=O) groups is 1. The van der Waals surface area contributed by atoms with Crippen LogP contribution in [0.4, 0.5) is 4.79 Å². The van der Waals surface area contributed by atoms with E-state index in [9.17, 15) is 4.79 Å². The Balaban J connectivity index is 1.62. The highest BCUT2D eigenvalue weighted by atomic mass is 35.5. The van der Waals surface area contributed by atoms with Crippen molar-refractivity contribution in [2.75, 3.05) is 19.7 Å². The molecule has 7 heteroatoms. The van der Waals surface area contributed by atoms with Gasteiger partial charge in [-0.25, -0.2) is 9.78 Å². The first-order chi connectivity index (χ1) is 9.67. The molecule has 2 heterocycles. The minimum Gasteiger partial charge on any atom is -0.463 e. The van der Waals surface area contributed by atoms with Gasteiger partial charge in [0.1, 0.15) is 11.6 Å². The SMILES string of the molecule is CCOC(=O)N1CC(Oc2nc3c(Cl)cccc3s2)C1. The number of para-hydroxylation sites is 1. The average Bonchev–Trinajstić information content (AvgIpc) is 2.77. The number of halogens is 1. The van der Waals surface area contributed by atoms with Gasteiger partial charge in [0.15, 0.2) is 0 Å². The fourth-order valence-electron chi connectivity index (χ4n) is 1.96. The first-order valence-corrected chi connectivity index (χ1v) is 7.50. The Morgan fingerprint density at radius 1 is 1.55 bits per heavy atom. The smallest absolute Gasteiger partial charge is 0.410 e. The zero-order valence-corrected chi connectivity index (χ0v) is 12.4. The lowest BCUT2D eigenvalue weighted by atomic mass is 10.2. The molecule has 1 aromatic carbocycles. The van der Waals surface area contributed by atoms with Crippen molar-refractivity contribution in [3.8, 4) is 5.19 Å². The summed E-state index contributed by atoms with van der Waals surface area (Å²) >= 11 is 7.53. The molecular weight excluding hydrogens is 300 g/mol. The summed E-state index contributed by atoms with van der Waals surface area (Å²) in [6.07, 6.45) is -0.321. The number of likely N-dealkylation sites (tertiary alicyclic amines) is 1. The van der Waals surface area contributed by atoms with E-state index in [1.54, 1.807) is 17.9 Å².